The molecule has 0 aliphatic rings. The summed E-state index contributed by atoms with van der Waals surface area (Å²) in [5.41, 5.74) is 6.52. The molecule has 2 atom stereocenters. The third-order valence-electron chi connectivity index (χ3n) is 5.66. The number of benzene rings is 1. The second-order valence-corrected chi connectivity index (χ2v) is 11.2. The minimum atomic E-state index is -1.09. The monoisotopic (exact) mass is 597 g/mol. The fraction of sp³-hybridized carbons (Fsp3) is 0.667. The van der Waals surface area contributed by atoms with Gasteiger partial charge in [-0.25, -0.2) is 14.4 Å². The first kappa shape index (κ1) is 36.5. The molecule has 0 amide bonds. The van der Waals surface area contributed by atoms with Gasteiger partial charge in [0.1, 0.15) is 18.8 Å². The van der Waals surface area contributed by atoms with E-state index in [2.05, 4.69) is 0 Å². The predicted molar refractivity (Wildman–Crippen MR) is 153 cm³/mol. The van der Waals surface area contributed by atoms with Crippen LogP contribution in [0.4, 0.5) is 14.4 Å². The molecule has 0 aromatic heterocycles. The van der Waals surface area contributed by atoms with Crippen LogP contribution < -0.4 is 15.2 Å². The van der Waals surface area contributed by atoms with Crippen LogP contribution in [0, 0.1) is 17.8 Å². The molecule has 42 heavy (non-hydrogen) atoms. The summed E-state index contributed by atoms with van der Waals surface area (Å²) in [5, 5.41) is 0. The van der Waals surface area contributed by atoms with Crippen LogP contribution in [0.5, 0.6) is 11.5 Å². The van der Waals surface area contributed by atoms with Crippen LogP contribution in [-0.4, -0.2) is 63.0 Å². The van der Waals surface area contributed by atoms with E-state index in [1.807, 2.05) is 41.5 Å². The van der Waals surface area contributed by atoms with Crippen LogP contribution in [0.2, 0.25) is 0 Å². The number of rotatable bonds is 17. The molecule has 2 N–H and O–H groups in total. The summed E-state index contributed by atoms with van der Waals surface area (Å²) in [5.74, 6) is 0.115. The summed E-state index contributed by atoms with van der Waals surface area (Å²) in [7, 11) is 0. The van der Waals surface area contributed by atoms with Gasteiger partial charge in [0.2, 0.25) is 0 Å². The molecule has 1 aromatic rings. The Balaban J connectivity index is 2.79. The topological polar surface area (TPSA) is 159 Å². The Morgan fingerprint density at radius 3 is 1.64 bits per heavy atom. The quantitative estimate of drug-likeness (QED) is 0.131. The number of carbonyl (C=O) groups is 4. The second-order valence-electron chi connectivity index (χ2n) is 11.2. The number of hydrogen-bond acceptors (Lipinski definition) is 12. The molecule has 1 rings (SSSR count). The van der Waals surface area contributed by atoms with Crippen molar-refractivity contribution in [2.24, 2.45) is 23.5 Å². The van der Waals surface area contributed by atoms with Crippen molar-refractivity contribution in [2.45, 2.75) is 86.3 Å². The van der Waals surface area contributed by atoms with E-state index in [4.69, 9.17) is 38.9 Å². The maximum Gasteiger partial charge on any atom is 0.513 e. The Kier molecular flexibility index (Phi) is 17.0. The highest BCUT2D eigenvalue weighted by Gasteiger charge is 2.22. The van der Waals surface area contributed by atoms with E-state index in [0.29, 0.717) is 42.6 Å². The molecule has 0 saturated heterocycles. The van der Waals surface area contributed by atoms with Gasteiger partial charge in [-0.1, -0.05) is 47.6 Å². The number of nitrogens with two attached hydrogens (primary N) is 1. The van der Waals surface area contributed by atoms with Crippen molar-refractivity contribution >= 4 is 24.4 Å². The molecule has 12 nitrogen and oxygen atoms in total. The molecular weight excluding hydrogens is 550 g/mol. The molecule has 12 heteroatoms. The van der Waals surface area contributed by atoms with Gasteiger partial charge < -0.3 is 38.9 Å². The van der Waals surface area contributed by atoms with Gasteiger partial charge in [0.05, 0.1) is 19.8 Å². The lowest BCUT2D eigenvalue weighted by atomic mass is 10.1. The lowest BCUT2D eigenvalue weighted by molar-refractivity contribution is -0.148. The van der Waals surface area contributed by atoms with Crippen LogP contribution in [-0.2, 0) is 34.9 Å². The summed E-state index contributed by atoms with van der Waals surface area (Å²) in [4.78, 5) is 48.6. The number of esters is 1. The van der Waals surface area contributed by atoms with E-state index in [9.17, 15) is 19.2 Å². The number of carbonyl (C=O) groups excluding carboxylic acids is 4. The summed E-state index contributed by atoms with van der Waals surface area (Å²) in [6, 6.07) is 3.27. The highest BCUT2D eigenvalue weighted by molar-refractivity contribution is 5.76. The smallest absolute Gasteiger partial charge is 0.461 e. The lowest BCUT2D eigenvalue weighted by Gasteiger charge is -2.17. The third-order valence-corrected chi connectivity index (χ3v) is 5.66. The zero-order chi connectivity index (χ0) is 31.7. The third kappa shape index (κ3) is 16.7. The largest absolute Gasteiger partial charge is 0.513 e. The first-order valence-electron chi connectivity index (χ1n) is 14.3. The average Bonchev–Trinajstić information content (AvgIpc) is 2.88. The van der Waals surface area contributed by atoms with Crippen LogP contribution in [0.1, 0.15) is 73.3 Å². The molecule has 0 fully saturated rings. The van der Waals surface area contributed by atoms with Gasteiger partial charge in [0.25, 0.3) is 0 Å². The Morgan fingerprint density at radius 1 is 0.667 bits per heavy atom. The van der Waals surface area contributed by atoms with Crippen molar-refractivity contribution in [3.05, 3.63) is 23.8 Å². The summed E-state index contributed by atoms with van der Waals surface area (Å²) >= 11 is 0. The molecule has 0 saturated carbocycles. The van der Waals surface area contributed by atoms with E-state index >= 15 is 0 Å². The maximum atomic E-state index is 12.5. The first-order valence-corrected chi connectivity index (χ1v) is 14.3. The van der Waals surface area contributed by atoms with Gasteiger partial charge in [0.15, 0.2) is 11.5 Å². The normalized spacial score (nSPS) is 12.5. The molecule has 0 unspecified atom stereocenters. The van der Waals surface area contributed by atoms with Crippen LogP contribution >= 0.6 is 0 Å². The summed E-state index contributed by atoms with van der Waals surface area (Å²) in [6.45, 7) is 13.9. The number of hydrogen-bond donors (Lipinski definition) is 1. The number of ether oxygens (including phenoxy) is 7. The lowest BCUT2D eigenvalue weighted by Crippen LogP contribution is -2.36. The van der Waals surface area contributed by atoms with Crippen molar-refractivity contribution < 1.29 is 52.3 Å². The van der Waals surface area contributed by atoms with Crippen LogP contribution in [0.25, 0.3) is 0 Å². The first-order chi connectivity index (χ1) is 19.8. The van der Waals surface area contributed by atoms with Crippen molar-refractivity contribution in [1.29, 1.82) is 0 Å². The van der Waals surface area contributed by atoms with Gasteiger partial charge in [-0.05, 0) is 68.1 Å². The van der Waals surface area contributed by atoms with E-state index in [0.717, 1.165) is 0 Å². The van der Waals surface area contributed by atoms with E-state index < -0.39 is 36.6 Å². The Morgan fingerprint density at radius 2 is 1.14 bits per heavy atom. The van der Waals surface area contributed by atoms with E-state index in [-0.39, 0.29) is 44.3 Å². The van der Waals surface area contributed by atoms with Crippen LogP contribution in [0.3, 0.4) is 0 Å². The minimum Gasteiger partial charge on any atom is -0.461 e. The maximum absolute atomic E-state index is 12.5. The minimum absolute atomic E-state index is 0.00316. The molecule has 0 spiro atoms. The van der Waals surface area contributed by atoms with Gasteiger partial charge in [-0.15, -0.1) is 0 Å². The highest BCUT2D eigenvalue weighted by Crippen LogP contribution is 2.30. The molecule has 0 heterocycles. The fourth-order valence-electron chi connectivity index (χ4n) is 3.09. The van der Waals surface area contributed by atoms with E-state index in [1.165, 1.54) is 12.1 Å². The summed E-state index contributed by atoms with van der Waals surface area (Å²) in [6.07, 6.45) is -1.52. The van der Waals surface area contributed by atoms with Crippen molar-refractivity contribution in [1.82, 2.24) is 0 Å². The molecular formula is C30H47NO11. The molecule has 1 aromatic carbocycles. The van der Waals surface area contributed by atoms with Gasteiger partial charge >= 0.3 is 24.4 Å². The molecule has 0 bridgehead atoms. The van der Waals surface area contributed by atoms with Gasteiger partial charge in [-0.2, -0.15) is 0 Å². The van der Waals surface area contributed by atoms with Crippen molar-refractivity contribution in [2.75, 3.05) is 26.4 Å². The summed E-state index contributed by atoms with van der Waals surface area (Å²) < 4.78 is 36.0. The van der Waals surface area contributed by atoms with Gasteiger partial charge in [-0.3, -0.25) is 4.79 Å². The van der Waals surface area contributed by atoms with Crippen LogP contribution in [0.15, 0.2) is 18.2 Å². The zero-order valence-electron chi connectivity index (χ0n) is 25.8. The Labute approximate surface area is 248 Å². The zero-order valence-corrected chi connectivity index (χ0v) is 25.8. The molecule has 0 aliphatic carbocycles. The van der Waals surface area contributed by atoms with Crippen molar-refractivity contribution in [3.8, 4) is 11.5 Å². The second kappa shape index (κ2) is 19.6. The van der Waals surface area contributed by atoms with Gasteiger partial charge in [0, 0.05) is 0 Å². The highest BCUT2D eigenvalue weighted by atomic mass is 16.7. The Hall–Kier alpha value is -3.54. The standard InChI is InChI=1S/C30H47NO11/c1-19(2)10-13-36-28(33)40-22(7)18-39-27(32)24(31)16-23-8-9-25(41-29(34)37-14-11-20(3)4)26(17-23)42-30(35)38-15-12-21(5)6/h8-9,17,19-22,24H,10-16,18,31H2,1-7H3/t22-,24-/m0/s1. The molecule has 0 aliphatic heterocycles. The molecule has 238 valence electrons. The SMILES string of the molecule is CC(C)CCOC(=O)Oc1ccc(C[C@H](N)C(=O)OC[C@H](C)OC(=O)OCCC(C)C)cc1OC(=O)OCCC(C)C. The van der Waals surface area contributed by atoms with E-state index in [1.54, 1.807) is 13.0 Å². The Bertz CT molecular complexity index is 993. The molecule has 0 radical (unpaired) electrons. The predicted octanol–water partition coefficient (Wildman–Crippen LogP) is 5.81. The fourth-order valence-corrected chi connectivity index (χ4v) is 3.09. The van der Waals surface area contributed by atoms with Crippen molar-refractivity contribution in [3.63, 3.8) is 0 Å². The average molecular weight is 598 g/mol.